The molecule has 0 spiro atoms. The number of para-hydroxylation sites is 2. The molecule has 0 fully saturated rings. The number of nitrogens with one attached hydrogen (secondary N) is 1. The van der Waals surface area contributed by atoms with Crippen molar-refractivity contribution in [3.63, 3.8) is 0 Å². The van der Waals surface area contributed by atoms with Crippen molar-refractivity contribution in [2.24, 2.45) is 0 Å². The lowest BCUT2D eigenvalue weighted by Gasteiger charge is -2.13. The van der Waals surface area contributed by atoms with Gasteiger partial charge in [0, 0.05) is 6.42 Å². The van der Waals surface area contributed by atoms with Crippen LogP contribution in [0.5, 0.6) is 5.88 Å². The first-order valence-corrected chi connectivity index (χ1v) is 11.0. The molecule has 1 N–H and O–H groups in total. The summed E-state index contributed by atoms with van der Waals surface area (Å²) in [7, 11) is -3.84. The van der Waals surface area contributed by atoms with Gasteiger partial charge in [-0.25, -0.2) is 18.4 Å². The molecule has 0 saturated carbocycles. The molecule has 0 aliphatic carbocycles. The van der Waals surface area contributed by atoms with Gasteiger partial charge >= 0.3 is 0 Å². The molecule has 1 aromatic heterocycles. The molecule has 0 radical (unpaired) electrons. The predicted molar refractivity (Wildman–Crippen MR) is 117 cm³/mol. The number of aryl methyl sites for hydroxylation is 1. The van der Waals surface area contributed by atoms with Gasteiger partial charge in [0.25, 0.3) is 15.9 Å². The van der Waals surface area contributed by atoms with E-state index in [4.69, 9.17) is 4.74 Å². The maximum absolute atomic E-state index is 12.9. The van der Waals surface area contributed by atoms with Crippen molar-refractivity contribution in [3.8, 4) is 5.88 Å². The van der Waals surface area contributed by atoms with Crippen LogP contribution in [0.2, 0.25) is 0 Å². The molecule has 0 atom stereocenters. The van der Waals surface area contributed by atoms with E-state index < -0.39 is 10.0 Å². The molecule has 0 unspecified atom stereocenters. The Morgan fingerprint density at radius 3 is 2.30 bits per heavy atom. The van der Waals surface area contributed by atoms with Gasteiger partial charge in [-0.15, -0.1) is 0 Å². The van der Waals surface area contributed by atoms with Crippen LogP contribution < -0.4 is 9.46 Å². The number of sulfonamides is 1. The first-order valence-electron chi connectivity index (χ1n) is 9.54. The molecule has 4 rings (SSSR count). The number of rotatable bonds is 7. The fourth-order valence-corrected chi connectivity index (χ4v) is 4.13. The Morgan fingerprint density at radius 2 is 1.57 bits per heavy atom. The number of anilines is 1. The first-order chi connectivity index (χ1) is 14.5. The topological polar surface area (TPSA) is 81.2 Å². The van der Waals surface area contributed by atoms with E-state index in [1.165, 1.54) is 0 Å². The van der Waals surface area contributed by atoms with E-state index in [1.54, 1.807) is 24.3 Å². The van der Waals surface area contributed by atoms with Crippen molar-refractivity contribution in [1.29, 1.82) is 0 Å². The molecular weight excluding hydrogens is 398 g/mol. The molecular formula is C23H21N3O3S. The summed E-state index contributed by atoms with van der Waals surface area (Å²) in [4.78, 5) is 9.11. The summed E-state index contributed by atoms with van der Waals surface area (Å²) in [6.07, 6.45) is 0.666. The van der Waals surface area contributed by atoms with Crippen molar-refractivity contribution in [3.05, 3.63) is 90.0 Å². The summed E-state index contributed by atoms with van der Waals surface area (Å²) < 4.78 is 34.2. The van der Waals surface area contributed by atoms with Crippen molar-refractivity contribution >= 4 is 26.9 Å². The molecule has 0 aliphatic rings. The monoisotopic (exact) mass is 419 g/mol. The zero-order chi connectivity index (χ0) is 21.0. The molecule has 3 aromatic carbocycles. The third kappa shape index (κ3) is 4.58. The van der Waals surface area contributed by atoms with Gasteiger partial charge in [-0.2, -0.15) is 0 Å². The van der Waals surface area contributed by atoms with Crippen LogP contribution in [0.15, 0.2) is 83.8 Å². The molecule has 0 amide bonds. The standard InChI is InChI=1S/C23H21N3O3S/c1-17-8-7-11-19(16-17)30(27,28)26-22-23(25-21-13-6-5-12-20(21)24-22)29-15-14-18-9-3-2-4-10-18/h2-13,16H,14-15H2,1H3,(H,24,26). The summed E-state index contributed by atoms with van der Waals surface area (Å²) in [6.45, 7) is 2.18. The zero-order valence-electron chi connectivity index (χ0n) is 16.4. The van der Waals surface area contributed by atoms with Gasteiger partial charge in [0.2, 0.25) is 5.82 Å². The minimum Gasteiger partial charge on any atom is -0.475 e. The van der Waals surface area contributed by atoms with Gasteiger partial charge in [-0.05, 0) is 42.3 Å². The van der Waals surface area contributed by atoms with Gasteiger partial charge in [0.1, 0.15) is 0 Å². The minimum atomic E-state index is -3.84. The number of fused-ring (bicyclic) bond motifs is 1. The highest BCUT2D eigenvalue weighted by Gasteiger charge is 2.20. The lowest BCUT2D eigenvalue weighted by atomic mass is 10.2. The quantitative estimate of drug-likeness (QED) is 0.481. The van der Waals surface area contributed by atoms with Crippen molar-refractivity contribution in [2.75, 3.05) is 11.3 Å². The number of ether oxygens (including phenoxy) is 1. The number of aromatic nitrogens is 2. The Hall–Kier alpha value is -3.45. The summed E-state index contributed by atoms with van der Waals surface area (Å²) in [5.74, 6) is 0.226. The van der Waals surface area contributed by atoms with Gasteiger partial charge in [0.15, 0.2) is 0 Å². The molecule has 30 heavy (non-hydrogen) atoms. The fraction of sp³-hybridized carbons (Fsp3) is 0.130. The van der Waals surface area contributed by atoms with E-state index in [-0.39, 0.29) is 16.6 Å². The third-order valence-electron chi connectivity index (χ3n) is 4.54. The molecule has 7 heteroatoms. The van der Waals surface area contributed by atoms with Crippen molar-refractivity contribution < 1.29 is 13.2 Å². The lowest BCUT2D eigenvalue weighted by molar-refractivity contribution is 0.311. The highest BCUT2D eigenvalue weighted by atomic mass is 32.2. The molecule has 4 aromatic rings. The summed E-state index contributed by atoms with van der Waals surface area (Å²) >= 11 is 0. The van der Waals surface area contributed by atoms with Crippen LogP contribution in [-0.2, 0) is 16.4 Å². The number of hydrogen-bond acceptors (Lipinski definition) is 5. The van der Waals surface area contributed by atoms with E-state index in [0.717, 1.165) is 11.1 Å². The fourth-order valence-electron chi connectivity index (χ4n) is 3.03. The Morgan fingerprint density at radius 1 is 0.867 bits per heavy atom. The van der Waals surface area contributed by atoms with Crippen LogP contribution in [0.3, 0.4) is 0 Å². The van der Waals surface area contributed by atoms with Gasteiger partial charge in [-0.3, -0.25) is 4.72 Å². The van der Waals surface area contributed by atoms with E-state index in [1.807, 2.05) is 61.5 Å². The van der Waals surface area contributed by atoms with Crippen molar-refractivity contribution in [1.82, 2.24) is 9.97 Å². The highest BCUT2D eigenvalue weighted by Crippen LogP contribution is 2.26. The van der Waals surface area contributed by atoms with Gasteiger partial charge < -0.3 is 4.74 Å². The smallest absolute Gasteiger partial charge is 0.263 e. The summed E-state index contributed by atoms with van der Waals surface area (Å²) in [5.41, 5.74) is 3.18. The second-order valence-electron chi connectivity index (χ2n) is 6.87. The van der Waals surface area contributed by atoms with Crippen LogP contribution in [0.4, 0.5) is 5.82 Å². The van der Waals surface area contributed by atoms with E-state index in [0.29, 0.717) is 24.1 Å². The molecule has 0 aliphatic heterocycles. The summed E-state index contributed by atoms with van der Waals surface area (Å²) in [5, 5.41) is 0. The third-order valence-corrected chi connectivity index (χ3v) is 5.88. The number of nitrogens with zero attached hydrogens (tertiary/aromatic N) is 2. The van der Waals surface area contributed by atoms with Crippen LogP contribution in [0, 0.1) is 6.92 Å². The summed E-state index contributed by atoms with van der Waals surface area (Å²) in [6, 6.07) is 23.9. The average molecular weight is 420 g/mol. The Kier molecular flexibility index (Phi) is 5.63. The molecule has 0 bridgehead atoms. The van der Waals surface area contributed by atoms with E-state index in [2.05, 4.69) is 14.7 Å². The van der Waals surface area contributed by atoms with Gasteiger partial charge in [0.05, 0.1) is 22.5 Å². The van der Waals surface area contributed by atoms with Gasteiger partial charge in [-0.1, -0.05) is 54.6 Å². The van der Waals surface area contributed by atoms with Crippen LogP contribution in [-0.4, -0.2) is 25.0 Å². The first kappa shape index (κ1) is 19.8. The SMILES string of the molecule is Cc1cccc(S(=O)(=O)Nc2nc3ccccc3nc2OCCc2ccccc2)c1. The number of hydrogen-bond donors (Lipinski definition) is 1. The molecule has 152 valence electrons. The van der Waals surface area contributed by atoms with Crippen LogP contribution >= 0.6 is 0 Å². The Balaban J connectivity index is 1.64. The van der Waals surface area contributed by atoms with E-state index in [9.17, 15) is 8.42 Å². The normalized spacial score (nSPS) is 11.4. The highest BCUT2D eigenvalue weighted by molar-refractivity contribution is 7.92. The largest absolute Gasteiger partial charge is 0.475 e. The molecule has 0 saturated heterocycles. The Labute approximate surface area is 175 Å². The average Bonchev–Trinajstić information content (AvgIpc) is 2.74. The maximum Gasteiger partial charge on any atom is 0.263 e. The Bertz CT molecular complexity index is 1280. The maximum atomic E-state index is 12.9. The van der Waals surface area contributed by atoms with Crippen LogP contribution in [0.1, 0.15) is 11.1 Å². The number of benzene rings is 3. The second-order valence-corrected chi connectivity index (χ2v) is 8.55. The van der Waals surface area contributed by atoms with Crippen molar-refractivity contribution in [2.45, 2.75) is 18.2 Å². The lowest BCUT2D eigenvalue weighted by Crippen LogP contribution is -2.16. The minimum absolute atomic E-state index is 0.0725. The van der Waals surface area contributed by atoms with E-state index >= 15 is 0 Å². The van der Waals surface area contributed by atoms with Crippen LogP contribution in [0.25, 0.3) is 11.0 Å². The molecule has 1 heterocycles. The zero-order valence-corrected chi connectivity index (χ0v) is 17.3. The predicted octanol–water partition coefficient (Wildman–Crippen LogP) is 4.36. The second kappa shape index (κ2) is 8.51. The molecule has 6 nitrogen and oxygen atoms in total.